The van der Waals surface area contributed by atoms with E-state index in [1.54, 1.807) is 6.33 Å². The lowest BCUT2D eigenvalue weighted by Gasteiger charge is -2.07. The van der Waals surface area contributed by atoms with Gasteiger partial charge in [-0.1, -0.05) is 12.1 Å². The zero-order chi connectivity index (χ0) is 13.9. The number of ether oxygens (including phenoxy) is 1. The van der Waals surface area contributed by atoms with Crippen LogP contribution in [0.1, 0.15) is 11.3 Å². The van der Waals surface area contributed by atoms with Crippen molar-refractivity contribution in [3.8, 4) is 5.75 Å². The van der Waals surface area contributed by atoms with Gasteiger partial charge in [0, 0.05) is 17.1 Å². The third kappa shape index (κ3) is 2.67. The summed E-state index contributed by atoms with van der Waals surface area (Å²) in [6.07, 6.45) is 4.20. The summed E-state index contributed by atoms with van der Waals surface area (Å²) in [5.74, 6) is 0.892. The molecule has 3 rings (SSSR count). The highest BCUT2D eigenvalue weighted by Gasteiger charge is 2.09. The van der Waals surface area contributed by atoms with Crippen molar-refractivity contribution in [3.63, 3.8) is 0 Å². The summed E-state index contributed by atoms with van der Waals surface area (Å²) < 4.78 is 6.76. The average molecular weight is 332 g/mol. The first-order valence-electron chi connectivity index (χ1n) is 6.40. The maximum Gasteiger partial charge on any atom is 0.142 e. The van der Waals surface area contributed by atoms with E-state index in [1.807, 2.05) is 24.4 Å². The van der Waals surface area contributed by atoms with Crippen LogP contribution in [0.25, 0.3) is 11.0 Å². The highest BCUT2D eigenvalue weighted by molar-refractivity contribution is 9.10. The van der Waals surface area contributed by atoms with E-state index in [1.165, 1.54) is 5.56 Å². The molecule has 0 aliphatic heterocycles. The quantitative estimate of drug-likeness (QED) is 0.793. The zero-order valence-corrected chi connectivity index (χ0v) is 12.6. The van der Waals surface area contributed by atoms with Gasteiger partial charge in [-0.05, 0) is 40.5 Å². The van der Waals surface area contributed by atoms with E-state index in [0.717, 1.165) is 33.4 Å². The summed E-state index contributed by atoms with van der Waals surface area (Å²) in [5.41, 5.74) is 3.02. The first-order valence-corrected chi connectivity index (χ1v) is 7.19. The van der Waals surface area contributed by atoms with Crippen LogP contribution >= 0.6 is 15.9 Å². The van der Waals surface area contributed by atoms with Gasteiger partial charge in [0.2, 0.25) is 0 Å². The Hall–Kier alpha value is -1.88. The van der Waals surface area contributed by atoms with Crippen LogP contribution in [-0.2, 0) is 6.42 Å². The van der Waals surface area contributed by atoms with Gasteiger partial charge in [0.1, 0.15) is 17.7 Å². The van der Waals surface area contributed by atoms with Crippen LogP contribution < -0.4 is 4.74 Å². The van der Waals surface area contributed by atoms with Gasteiger partial charge >= 0.3 is 0 Å². The second-order valence-electron chi connectivity index (χ2n) is 4.60. The second kappa shape index (κ2) is 5.63. The summed E-state index contributed by atoms with van der Waals surface area (Å²) in [4.78, 5) is 11.7. The Kier molecular flexibility index (Phi) is 3.69. The van der Waals surface area contributed by atoms with Gasteiger partial charge in [-0.2, -0.15) is 0 Å². The van der Waals surface area contributed by atoms with Crippen molar-refractivity contribution in [1.29, 1.82) is 0 Å². The Balaban J connectivity index is 1.73. The van der Waals surface area contributed by atoms with Gasteiger partial charge in [0.25, 0.3) is 0 Å². The lowest BCUT2D eigenvalue weighted by molar-refractivity contribution is 0.321. The van der Waals surface area contributed by atoms with E-state index in [2.05, 4.69) is 43.9 Å². The van der Waals surface area contributed by atoms with E-state index in [4.69, 9.17) is 4.74 Å². The topological polar surface area (TPSA) is 50.8 Å². The number of aromatic amines is 1. The van der Waals surface area contributed by atoms with Crippen molar-refractivity contribution < 1.29 is 4.74 Å². The molecule has 0 atom stereocenters. The molecule has 3 aromatic rings. The van der Waals surface area contributed by atoms with Crippen LogP contribution in [0.4, 0.5) is 0 Å². The number of nitrogens with one attached hydrogen (secondary N) is 1. The number of fused-ring (bicyclic) bond motifs is 1. The highest BCUT2D eigenvalue weighted by Crippen LogP contribution is 2.24. The molecule has 2 heterocycles. The molecule has 102 valence electrons. The zero-order valence-electron chi connectivity index (χ0n) is 11.1. The summed E-state index contributed by atoms with van der Waals surface area (Å²) in [5, 5.41) is 1.03. The molecule has 0 fully saturated rings. The number of aromatic nitrogens is 3. The van der Waals surface area contributed by atoms with Crippen molar-refractivity contribution in [1.82, 2.24) is 15.0 Å². The molecule has 0 saturated carbocycles. The normalized spacial score (nSPS) is 10.9. The molecular formula is C15H14BrN3O. The molecule has 0 saturated heterocycles. The number of H-pyrrole nitrogens is 1. The molecule has 0 unspecified atom stereocenters. The number of aryl methyl sites for hydroxylation is 1. The summed E-state index contributed by atoms with van der Waals surface area (Å²) in [7, 11) is 0. The Bertz CT molecular complexity index is 739. The molecule has 1 N–H and O–H groups in total. The molecule has 5 heteroatoms. The van der Waals surface area contributed by atoms with Gasteiger partial charge < -0.3 is 9.72 Å². The SMILES string of the molecule is Cc1cccc(OCCc2ncnc3[nH]cc(Br)c23)c1. The largest absolute Gasteiger partial charge is 0.493 e. The Morgan fingerprint density at radius 1 is 1.30 bits per heavy atom. The van der Waals surface area contributed by atoms with E-state index < -0.39 is 0 Å². The van der Waals surface area contributed by atoms with Gasteiger partial charge in [-0.25, -0.2) is 9.97 Å². The number of hydrogen-bond donors (Lipinski definition) is 1. The van der Waals surface area contributed by atoms with Crippen LogP contribution in [0.5, 0.6) is 5.75 Å². The predicted molar refractivity (Wildman–Crippen MR) is 82.0 cm³/mol. The molecule has 0 spiro atoms. The summed E-state index contributed by atoms with van der Waals surface area (Å²) in [6, 6.07) is 8.05. The Morgan fingerprint density at radius 3 is 3.05 bits per heavy atom. The lowest BCUT2D eigenvalue weighted by Crippen LogP contribution is -2.04. The maximum atomic E-state index is 5.77. The fraction of sp³-hybridized carbons (Fsp3) is 0.200. The minimum Gasteiger partial charge on any atom is -0.493 e. The molecule has 0 aliphatic carbocycles. The van der Waals surface area contributed by atoms with Crippen molar-refractivity contribution in [2.45, 2.75) is 13.3 Å². The molecule has 2 aromatic heterocycles. The standard InChI is InChI=1S/C15H14BrN3O/c1-10-3-2-4-11(7-10)20-6-5-13-14-12(16)8-17-15(14)19-9-18-13/h2-4,7-9H,5-6H2,1H3,(H,17,18,19). The molecule has 20 heavy (non-hydrogen) atoms. The number of halogens is 1. The molecule has 0 amide bonds. The molecule has 0 bridgehead atoms. The van der Waals surface area contributed by atoms with Crippen molar-refractivity contribution in [3.05, 3.63) is 52.5 Å². The third-order valence-electron chi connectivity index (χ3n) is 3.10. The van der Waals surface area contributed by atoms with Gasteiger partial charge in [0.15, 0.2) is 0 Å². The minimum absolute atomic E-state index is 0.590. The number of nitrogens with zero attached hydrogens (tertiary/aromatic N) is 2. The Morgan fingerprint density at radius 2 is 2.20 bits per heavy atom. The van der Waals surface area contributed by atoms with Crippen molar-refractivity contribution in [2.75, 3.05) is 6.61 Å². The van der Waals surface area contributed by atoms with Crippen LogP contribution in [0.15, 0.2) is 41.3 Å². The first-order chi connectivity index (χ1) is 9.74. The highest BCUT2D eigenvalue weighted by atomic mass is 79.9. The monoisotopic (exact) mass is 331 g/mol. The van der Waals surface area contributed by atoms with Crippen LogP contribution in [0, 0.1) is 6.92 Å². The molecule has 1 aromatic carbocycles. The third-order valence-corrected chi connectivity index (χ3v) is 3.72. The molecular weight excluding hydrogens is 318 g/mol. The van der Waals surface area contributed by atoms with Crippen molar-refractivity contribution in [2.24, 2.45) is 0 Å². The number of benzene rings is 1. The summed E-state index contributed by atoms with van der Waals surface area (Å²) in [6.45, 7) is 2.64. The number of rotatable bonds is 4. The van der Waals surface area contributed by atoms with Gasteiger partial charge in [0.05, 0.1) is 17.7 Å². The van der Waals surface area contributed by atoms with Crippen molar-refractivity contribution >= 4 is 27.0 Å². The first kappa shape index (κ1) is 13.1. The lowest BCUT2D eigenvalue weighted by atomic mass is 10.2. The summed E-state index contributed by atoms with van der Waals surface area (Å²) >= 11 is 3.51. The van der Waals surface area contributed by atoms with E-state index in [-0.39, 0.29) is 0 Å². The number of hydrogen-bond acceptors (Lipinski definition) is 3. The molecule has 0 aliphatic rings. The van der Waals surface area contributed by atoms with Crippen LogP contribution in [-0.4, -0.2) is 21.6 Å². The van der Waals surface area contributed by atoms with E-state index in [0.29, 0.717) is 6.61 Å². The fourth-order valence-electron chi connectivity index (χ4n) is 2.15. The fourth-order valence-corrected chi connectivity index (χ4v) is 2.68. The predicted octanol–water partition coefficient (Wildman–Crippen LogP) is 3.65. The van der Waals surface area contributed by atoms with E-state index in [9.17, 15) is 0 Å². The van der Waals surface area contributed by atoms with Gasteiger partial charge in [-0.15, -0.1) is 0 Å². The Labute approximate surface area is 125 Å². The molecule has 4 nitrogen and oxygen atoms in total. The van der Waals surface area contributed by atoms with E-state index >= 15 is 0 Å². The second-order valence-corrected chi connectivity index (χ2v) is 5.45. The molecule has 0 radical (unpaired) electrons. The average Bonchev–Trinajstić information content (AvgIpc) is 2.82. The minimum atomic E-state index is 0.590. The smallest absolute Gasteiger partial charge is 0.142 e. The maximum absolute atomic E-state index is 5.77. The van der Waals surface area contributed by atoms with Crippen LogP contribution in [0.2, 0.25) is 0 Å². The van der Waals surface area contributed by atoms with Gasteiger partial charge in [-0.3, -0.25) is 0 Å². The van der Waals surface area contributed by atoms with Crippen LogP contribution in [0.3, 0.4) is 0 Å².